The zero-order valence-corrected chi connectivity index (χ0v) is 13.1. The van der Waals surface area contributed by atoms with Gasteiger partial charge in [0.25, 0.3) is 0 Å². The first-order valence-corrected chi connectivity index (χ1v) is 7.50. The number of nitrogens with one attached hydrogen (secondary N) is 3. The third kappa shape index (κ3) is 4.79. The van der Waals surface area contributed by atoms with Gasteiger partial charge in [-0.25, -0.2) is 4.79 Å². The SMILES string of the molecule is C[C@@H](NC(=O)CNC(=O)NC1CC1)c1cccc(Cl)c1Cl. The average Bonchev–Trinajstić information content (AvgIpc) is 3.23. The molecule has 21 heavy (non-hydrogen) atoms. The Kier molecular flexibility index (Phi) is 5.31. The number of urea groups is 1. The fourth-order valence-electron chi connectivity index (χ4n) is 1.85. The van der Waals surface area contributed by atoms with Gasteiger partial charge in [-0.2, -0.15) is 0 Å². The molecule has 1 fully saturated rings. The smallest absolute Gasteiger partial charge is 0.315 e. The number of carbonyl (C=O) groups is 2. The zero-order chi connectivity index (χ0) is 15.4. The molecule has 5 nitrogen and oxygen atoms in total. The summed E-state index contributed by atoms with van der Waals surface area (Å²) < 4.78 is 0. The lowest BCUT2D eigenvalue weighted by molar-refractivity contribution is -0.120. The van der Waals surface area contributed by atoms with E-state index in [0.29, 0.717) is 10.0 Å². The van der Waals surface area contributed by atoms with Crippen molar-refractivity contribution < 1.29 is 9.59 Å². The van der Waals surface area contributed by atoms with Crippen molar-refractivity contribution in [3.8, 4) is 0 Å². The zero-order valence-electron chi connectivity index (χ0n) is 11.6. The Balaban J connectivity index is 1.81. The van der Waals surface area contributed by atoms with E-state index < -0.39 is 0 Å². The molecule has 1 saturated carbocycles. The summed E-state index contributed by atoms with van der Waals surface area (Å²) in [7, 11) is 0. The quantitative estimate of drug-likeness (QED) is 0.777. The van der Waals surface area contributed by atoms with Gasteiger partial charge in [0.05, 0.1) is 22.6 Å². The van der Waals surface area contributed by atoms with Crippen LogP contribution in [0.25, 0.3) is 0 Å². The summed E-state index contributed by atoms with van der Waals surface area (Å²) in [5, 5.41) is 8.89. The summed E-state index contributed by atoms with van der Waals surface area (Å²) in [6, 6.07) is 4.90. The second-order valence-electron chi connectivity index (χ2n) is 5.03. The Bertz CT molecular complexity index is 547. The number of hydrogen-bond acceptors (Lipinski definition) is 2. The first-order chi connectivity index (χ1) is 9.97. The molecule has 1 atom stereocenters. The van der Waals surface area contributed by atoms with Gasteiger partial charge in [0.2, 0.25) is 5.91 Å². The van der Waals surface area contributed by atoms with Crippen molar-refractivity contribution in [1.82, 2.24) is 16.0 Å². The van der Waals surface area contributed by atoms with Crippen LogP contribution in [0.4, 0.5) is 4.79 Å². The van der Waals surface area contributed by atoms with E-state index in [1.807, 2.05) is 0 Å². The molecule has 0 spiro atoms. The topological polar surface area (TPSA) is 70.2 Å². The second-order valence-corrected chi connectivity index (χ2v) is 5.82. The first kappa shape index (κ1) is 15.9. The van der Waals surface area contributed by atoms with Gasteiger partial charge in [0, 0.05) is 6.04 Å². The monoisotopic (exact) mass is 329 g/mol. The van der Waals surface area contributed by atoms with E-state index in [0.717, 1.165) is 18.4 Å². The highest BCUT2D eigenvalue weighted by Gasteiger charge is 2.23. The molecule has 3 N–H and O–H groups in total. The van der Waals surface area contributed by atoms with Crippen molar-refractivity contribution in [2.75, 3.05) is 6.54 Å². The molecule has 0 heterocycles. The third-order valence-electron chi connectivity index (χ3n) is 3.15. The summed E-state index contributed by atoms with van der Waals surface area (Å²) in [5.74, 6) is -0.288. The van der Waals surface area contributed by atoms with Gasteiger partial charge in [-0.15, -0.1) is 0 Å². The van der Waals surface area contributed by atoms with Gasteiger partial charge in [-0.05, 0) is 31.4 Å². The molecule has 1 aliphatic carbocycles. The fourth-order valence-corrected chi connectivity index (χ4v) is 2.32. The van der Waals surface area contributed by atoms with Crippen LogP contribution in [0.2, 0.25) is 10.0 Å². The van der Waals surface area contributed by atoms with Crippen LogP contribution < -0.4 is 16.0 Å². The van der Waals surface area contributed by atoms with Gasteiger partial charge in [0.1, 0.15) is 0 Å². The van der Waals surface area contributed by atoms with Crippen LogP contribution >= 0.6 is 23.2 Å². The normalized spacial score (nSPS) is 15.2. The highest BCUT2D eigenvalue weighted by Crippen LogP contribution is 2.29. The Morgan fingerprint density at radius 1 is 1.33 bits per heavy atom. The van der Waals surface area contributed by atoms with Crippen LogP contribution in [0.3, 0.4) is 0 Å². The molecule has 1 aromatic carbocycles. The van der Waals surface area contributed by atoms with E-state index >= 15 is 0 Å². The average molecular weight is 330 g/mol. The van der Waals surface area contributed by atoms with Crippen LogP contribution in [0, 0.1) is 0 Å². The van der Waals surface area contributed by atoms with Gasteiger partial charge in [-0.1, -0.05) is 35.3 Å². The molecule has 0 bridgehead atoms. The lowest BCUT2D eigenvalue weighted by atomic mass is 10.1. The minimum absolute atomic E-state index is 0.0823. The molecule has 0 aliphatic heterocycles. The predicted octanol–water partition coefficient (Wildman–Crippen LogP) is 2.63. The van der Waals surface area contributed by atoms with Crippen molar-refractivity contribution >= 4 is 35.1 Å². The van der Waals surface area contributed by atoms with Crippen LogP contribution in [0.1, 0.15) is 31.4 Å². The minimum atomic E-state index is -0.318. The van der Waals surface area contributed by atoms with Crippen LogP contribution in [-0.4, -0.2) is 24.5 Å². The molecule has 2 rings (SSSR count). The Morgan fingerprint density at radius 3 is 2.71 bits per heavy atom. The Morgan fingerprint density at radius 2 is 2.05 bits per heavy atom. The summed E-state index contributed by atoms with van der Waals surface area (Å²) in [6.07, 6.45) is 2.01. The van der Waals surface area contributed by atoms with Gasteiger partial charge in [-0.3, -0.25) is 4.79 Å². The molecular weight excluding hydrogens is 313 g/mol. The predicted molar refractivity (Wildman–Crippen MR) is 82.6 cm³/mol. The van der Waals surface area contributed by atoms with E-state index in [1.165, 1.54) is 0 Å². The van der Waals surface area contributed by atoms with E-state index in [1.54, 1.807) is 25.1 Å². The molecule has 0 saturated heterocycles. The molecule has 0 radical (unpaired) electrons. The highest BCUT2D eigenvalue weighted by molar-refractivity contribution is 6.42. The van der Waals surface area contributed by atoms with E-state index in [-0.39, 0.29) is 30.6 Å². The van der Waals surface area contributed by atoms with E-state index in [4.69, 9.17) is 23.2 Å². The second kappa shape index (κ2) is 7.00. The Hall–Kier alpha value is -1.46. The summed E-state index contributed by atoms with van der Waals surface area (Å²) >= 11 is 12.0. The summed E-state index contributed by atoms with van der Waals surface area (Å²) in [4.78, 5) is 23.2. The highest BCUT2D eigenvalue weighted by atomic mass is 35.5. The number of halogens is 2. The number of amides is 3. The molecule has 0 unspecified atom stereocenters. The molecule has 3 amide bonds. The number of carbonyl (C=O) groups excluding carboxylic acids is 2. The standard InChI is InChI=1S/C14H17Cl2N3O2/c1-8(10-3-2-4-11(15)13(10)16)18-12(20)7-17-14(21)19-9-5-6-9/h2-4,8-9H,5-7H2,1H3,(H,18,20)(H2,17,19,21)/t8-/m1/s1. The van der Waals surface area contributed by atoms with Crippen molar-refractivity contribution in [3.63, 3.8) is 0 Å². The number of rotatable bonds is 5. The van der Waals surface area contributed by atoms with Gasteiger partial charge >= 0.3 is 6.03 Å². The van der Waals surface area contributed by atoms with Crippen LogP contribution in [0.5, 0.6) is 0 Å². The Labute approximate surface area is 133 Å². The molecular formula is C14H17Cl2N3O2. The van der Waals surface area contributed by atoms with Crippen molar-refractivity contribution in [3.05, 3.63) is 33.8 Å². The first-order valence-electron chi connectivity index (χ1n) is 6.75. The van der Waals surface area contributed by atoms with E-state index in [2.05, 4.69) is 16.0 Å². The molecule has 0 aromatic heterocycles. The largest absolute Gasteiger partial charge is 0.348 e. The summed E-state index contributed by atoms with van der Waals surface area (Å²) in [6.45, 7) is 1.72. The maximum absolute atomic E-state index is 11.8. The maximum atomic E-state index is 11.8. The van der Waals surface area contributed by atoms with Crippen molar-refractivity contribution in [2.24, 2.45) is 0 Å². The molecule has 1 aromatic rings. The van der Waals surface area contributed by atoms with Gasteiger partial charge in [0.15, 0.2) is 0 Å². The lowest BCUT2D eigenvalue weighted by Gasteiger charge is -2.16. The van der Waals surface area contributed by atoms with Gasteiger partial charge < -0.3 is 16.0 Å². The maximum Gasteiger partial charge on any atom is 0.315 e. The van der Waals surface area contributed by atoms with Crippen LogP contribution in [-0.2, 0) is 4.79 Å². The van der Waals surface area contributed by atoms with Crippen LogP contribution in [0.15, 0.2) is 18.2 Å². The minimum Gasteiger partial charge on any atom is -0.348 e. The molecule has 1 aliphatic rings. The van der Waals surface area contributed by atoms with Crippen molar-refractivity contribution in [2.45, 2.75) is 31.8 Å². The fraction of sp³-hybridized carbons (Fsp3) is 0.429. The molecule has 114 valence electrons. The number of benzene rings is 1. The lowest BCUT2D eigenvalue weighted by Crippen LogP contribution is -2.43. The summed E-state index contributed by atoms with van der Waals surface area (Å²) in [5.41, 5.74) is 0.736. The molecule has 7 heteroatoms. The van der Waals surface area contributed by atoms with E-state index in [9.17, 15) is 9.59 Å². The third-order valence-corrected chi connectivity index (χ3v) is 3.98. The van der Waals surface area contributed by atoms with Crippen molar-refractivity contribution in [1.29, 1.82) is 0 Å². The number of hydrogen-bond donors (Lipinski definition) is 3.